The second kappa shape index (κ2) is 8.02. The van der Waals surface area contributed by atoms with Crippen molar-refractivity contribution in [3.05, 3.63) is 29.3 Å². The van der Waals surface area contributed by atoms with E-state index in [0.717, 1.165) is 23.3 Å². The van der Waals surface area contributed by atoms with Crippen molar-refractivity contribution in [2.75, 3.05) is 7.11 Å². The van der Waals surface area contributed by atoms with Gasteiger partial charge < -0.3 is 15.4 Å². The van der Waals surface area contributed by atoms with Gasteiger partial charge in [-0.25, -0.2) is 0 Å². The predicted molar refractivity (Wildman–Crippen MR) is 94.1 cm³/mol. The number of fused-ring (bicyclic) bond motifs is 1. The number of carbonyl (C=O) groups excluding carboxylic acids is 1. The standard InChI is InChI=1S/C18H26N2O2.ClH/c1-12-7-8-14(17(9-12)22-2)11-19-18(21)16-10-13-5-3-4-6-15(13)20-16;/h7-9,13,15-16,20H,3-6,10-11H2,1-2H3,(H,19,21);1H. The predicted octanol–water partition coefficient (Wildman–Crippen LogP) is 2.96. The van der Waals surface area contributed by atoms with E-state index in [1.807, 2.05) is 25.1 Å². The van der Waals surface area contributed by atoms with Gasteiger partial charge in [0.15, 0.2) is 0 Å². The number of aryl methyl sites for hydroxylation is 1. The van der Waals surface area contributed by atoms with E-state index in [1.165, 1.54) is 25.7 Å². The number of hydrogen-bond donors (Lipinski definition) is 2. The molecule has 23 heavy (non-hydrogen) atoms. The second-order valence-electron chi connectivity index (χ2n) is 6.64. The van der Waals surface area contributed by atoms with Crippen molar-refractivity contribution in [2.24, 2.45) is 5.92 Å². The van der Waals surface area contributed by atoms with Crippen LogP contribution in [0, 0.1) is 12.8 Å². The number of carbonyl (C=O) groups is 1. The van der Waals surface area contributed by atoms with Crippen LogP contribution in [-0.4, -0.2) is 25.1 Å². The lowest BCUT2D eigenvalue weighted by Gasteiger charge is -2.24. The summed E-state index contributed by atoms with van der Waals surface area (Å²) in [5, 5.41) is 6.59. The Bertz CT molecular complexity index is 536. The minimum Gasteiger partial charge on any atom is -0.496 e. The molecule has 1 aliphatic heterocycles. The third kappa shape index (κ3) is 4.18. The summed E-state index contributed by atoms with van der Waals surface area (Å²) in [6, 6.07) is 6.61. The Kier molecular flexibility index (Phi) is 6.31. The molecule has 2 N–H and O–H groups in total. The first-order valence-corrected chi connectivity index (χ1v) is 8.34. The Morgan fingerprint density at radius 2 is 2.13 bits per heavy atom. The SMILES string of the molecule is COc1cc(C)ccc1CNC(=O)C1CC2CCCCC2N1.Cl. The van der Waals surface area contributed by atoms with E-state index in [4.69, 9.17) is 4.74 Å². The summed E-state index contributed by atoms with van der Waals surface area (Å²) in [7, 11) is 1.67. The van der Waals surface area contributed by atoms with E-state index in [0.29, 0.717) is 18.5 Å². The van der Waals surface area contributed by atoms with Crippen LogP contribution in [0.4, 0.5) is 0 Å². The summed E-state index contributed by atoms with van der Waals surface area (Å²) in [6.45, 7) is 2.56. The molecule has 1 saturated carbocycles. The molecule has 1 aromatic carbocycles. The average molecular weight is 339 g/mol. The summed E-state index contributed by atoms with van der Waals surface area (Å²) in [6.07, 6.45) is 6.09. The Hall–Kier alpha value is -1.26. The van der Waals surface area contributed by atoms with Crippen LogP contribution in [0.15, 0.2) is 18.2 Å². The Labute approximate surface area is 144 Å². The molecule has 3 atom stereocenters. The molecule has 2 aliphatic rings. The highest BCUT2D eigenvalue weighted by Crippen LogP contribution is 2.33. The van der Waals surface area contributed by atoms with Crippen molar-refractivity contribution >= 4 is 18.3 Å². The summed E-state index contributed by atoms with van der Waals surface area (Å²) in [4.78, 5) is 12.4. The normalized spacial score (nSPS) is 26.1. The molecule has 0 spiro atoms. The van der Waals surface area contributed by atoms with Crippen LogP contribution in [-0.2, 0) is 11.3 Å². The molecule has 1 heterocycles. The van der Waals surface area contributed by atoms with Crippen LogP contribution in [0.5, 0.6) is 5.75 Å². The van der Waals surface area contributed by atoms with Gasteiger partial charge in [0.25, 0.3) is 0 Å². The molecule has 0 bridgehead atoms. The summed E-state index contributed by atoms with van der Waals surface area (Å²) >= 11 is 0. The van der Waals surface area contributed by atoms with Crippen LogP contribution in [0.3, 0.4) is 0 Å². The Morgan fingerprint density at radius 1 is 1.35 bits per heavy atom. The van der Waals surface area contributed by atoms with E-state index in [1.54, 1.807) is 7.11 Å². The third-order valence-electron chi connectivity index (χ3n) is 5.07. The van der Waals surface area contributed by atoms with Crippen molar-refractivity contribution < 1.29 is 9.53 Å². The highest BCUT2D eigenvalue weighted by atomic mass is 35.5. The lowest BCUT2D eigenvalue weighted by molar-refractivity contribution is -0.123. The van der Waals surface area contributed by atoms with Gasteiger partial charge in [0, 0.05) is 18.2 Å². The maximum atomic E-state index is 12.4. The fourth-order valence-electron chi connectivity index (χ4n) is 3.82. The fraction of sp³-hybridized carbons (Fsp3) is 0.611. The van der Waals surface area contributed by atoms with E-state index >= 15 is 0 Å². The molecule has 1 saturated heterocycles. The van der Waals surface area contributed by atoms with Gasteiger partial charge >= 0.3 is 0 Å². The first-order chi connectivity index (χ1) is 10.7. The van der Waals surface area contributed by atoms with Gasteiger partial charge in [-0.3, -0.25) is 4.79 Å². The average Bonchev–Trinajstić information content (AvgIpc) is 2.97. The first kappa shape index (κ1) is 18.1. The van der Waals surface area contributed by atoms with Crippen molar-refractivity contribution in [3.63, 3.8) is 0 Å². The highest BCUT2D eigenvalue weighted by Gasteiger charge is 2.38. The summed E-state index contributed by atoms with van der Waals surface area (Å²) in [5.74, 6) is 1.66. The molecule has 1 aliphatic carbocycles. The minimum atomic E-state index is -0.0236. The number of benzene rings is 1. The fourth-order valence-corrected chi connectivity index (χ4v) is 3.82. The molecule has 0 aromatic heterocycles. The number of hydrogen-bond acceptors (Lipinski definition) is 3. The van der Waals surface area contributed by atoms with Crippen molar-refractivity contribution in [1.29, 1.82) is 0 Å². The molecule has 5 heteroatoms. The van der Waals surface area contributed by atoms with Gasteiger partial charge in [0.1, 0.15) is 5.75 Å². The third-order valence-corrected chi connectivity index (χ3v) is 5.07. The van der Waals surface area contributed by atoms with Crippen LogP contribution in [0.1, 0.15) is 43.2 Å². The highest BCUT2D eigenvalue weighted by molar-refractivity contribution is 5.85. The number of ether oxygens (including phenoxy) is 1. The molecule has 1 amide bonds. The number of halogens is 1. The quantitative estimate of drug-likeness (QED) is 0.887. The van der Waals surface area contributed by atoms with Gasteiger partial charge in [-0.1, -0.05) is 25.0 Å². The zero-order chi connectivity index (χ0) is 15.5. The molecular weight excluding hydrogens is 312 g/mol. The Balaban J connectivity index is 0.00000192. The zero-order valence-electron chi connectivity index (χ0n) is 13.9. The topological polar surface area (TPSA) is 50.4 Å². The number of methoxy groups -OCH3 is 1. The molecule has 3 rings (SSSR count). The lowest BCUT2D eigenvalue weighted by atomic mass is 9.85. The number of rotatable bonds is 4. The minimum absolute atomic E-state index is 0. The van der Waals surface area contributed by atoms with E-state index < -0.39 is 0 Å². The van der Waals surface area contributed by atoms with Crippen LogP contribution in [0.2, 0.25) is 0 Å². The maximum Gasteiger partial charge on any atom is 0.237 e. The number of amides is 1. The van der Waals surface area contributed by atoms with E-state index in [-0.39, 0.29) is 24.4 Å². The lowest BCUT2D eigenvalue weighted by Crippen LogP contribution is -2.42. The molecular formula is C18H27ClN2O2. The zero-order valence-corrected chi connectivity index (χ0v) is 14.7. The molecule has 3 unspecified atom stereocenters. The van der Waals surface area contributed by atoms with E-state index in [2.05, 4.69) is 10.6 Å². The van der Waals surface area contributed by atoms with Crippen molar-refractivity contribution in [2.45, 2.75) is 57.7 Å². The van der Waals surface area contributed by atoms with E-state index in [9.17, 15) is 4.79 Å². The van der Waals surface area contributed by atoms with Crippen LogP contribution >= 0.6 is 12.4 Å². The maximum absolute atomic E-state index is 12.4. The first-order valence-electron chi connectivity index (χ1n) is 8.34. The number of nitrogens with one attached hydrogen (secondary N) is 2. The largest absolute Gasteiger partial charge is 0.496 e. The molecule has 0 radical (unpaired) electrons. The molecule has 1 aromatic rings. The van der Waals surface area contributed by atoms with Gasteiger partial charge in [0.05, 0.1) is 13.2 Å². The summed E-state index contributed by atoms with van der Waals surface area (Å²) in [5.41, 5.74) is 2.19. The van der Waals surface area contributed by atoms with Crippen LogP contribution < -0.4 is 15.4 Å². The molecule has 2 fully saturated rings. The molecule has 128 valence electrons. The van der Waals surface area contributed by atoms with Crippen molar-refractivity contribution in [1.82, 2.24) is 10.6 Å². The van der Waals surface area contributed by atoms with Crippen molar-refractivity contribution in [3.8, 4) is 5.75 Å². The van der Waals surface area contributed by atoms with Gasteiger partial charge in [-0.15, -0.1) is 12.4 Å². The second-order valence-corrected chi connectivity index (χ2v) is 6.64. The Morgan fingerprint density at radius 3 is 2.87 bits per heavy atom. The van der Waals surface area contributed by atoms with Gasteiger partial charge in [-0.05, 0) is 43.7 Å². The molecule has 4 nitrogen and oxygen atoms in total. The van der Waals surface area contributed by atoms with Crippen LogP contribution in [0.25, 0.3) is 0 Å². The monoisotopic (exact) mass is 338 g/mol. The van der Waals surface area contributed by atoms with Gasteiger partial charge in [0.2, 0.25) is 5.91 Å². The summed E-state index contributed by atoms with van der Waals surface area (Å²) < 4.78 is 5.39. The smallest absolute Gasteiger partial charge is 0.237 e. The van der Waals surface area contributed by atoms with Gasteiger partial charge in [-0.2, -0.15) is 0 Å².